The highest BCUT2D eigenvalue weighted by atomic mass is 19.1. The second-order valence-corrected chi connectivity index (χ2v) is 6.47. The molecule has 1 heterocycles. The number of carbonyl (C=O) groups excluding carboxylic acids is 1. The third-order valence-corrected chi connectivity index (χ3v) is 4.33. The molecule has 132 valence electrons. The second-order valence-electron chi connectivity index (χ2n) is 6.47. The second kappa shape index (κ2) is 8.13. The zero-order valence-electron chi connectivity index (χ0n) is 15.0. The van der Waals surface area contributed by atoms with E-state index in [2.05, 4.69) is 29.1 Å². The van der Waals surface area contributed by atoms with Crippen LogP contribution in [0.2, 0.25) is 0 Å². The van der Waals surface area contributed by atoms with E-state index >= 15 is 0 Å². The standard InChI is InChI=1S/C18H27FN4O/c1-5-13(2)21-18(20-11-17(24)22(3)4)23-9-8-14-10-16(19)7-6-15(14)12-23/h6-7,10,13H,5,8-9,11-12H2,1-4H3,(H,20,21). The number of hydrogen-bond acceptors (Lipinski definition) is 2. The Morgan fingerprint density at radius 1 is 1.42 bits per heavy atom. The quantitative estimate of drug-likeness (QED) is 0.677. The van der Waals surface area contributed by atoms with Gasteiger partial charge in [0.15, 0.2) is 5.96 Å². The molecule has 6 heteroatoms. The first-order valence-corrected chi connectivity index (χ1v) is 8.44. The molecule has 1 aromatic carbocycles. The van der Waals surface area contributed by atoms with Crippen LogP contribution in [0.3, 0.4) is 0 Å². The van der Waals surface area contributed by atoms with Crippen LogP contribution in [0.4, 0.5) is 4.39 Å². The van der Waals surface area contributed by atoms with Gasteiger partial charge in [-0.25, -0.2) is 9.38 Å². The summed E-state index contributed by atoms with van der Waals surface area (Å²) >= 11 is 0. The van der Waals surface area contributed by atoms with Gasteiger partial charge in [-0.2, -0.15) is 0 Å². The molecule has 0 fully saturated rings. The Kier molecular flexibility index (Phi) is 6.17. The van der Waals surface area contributed by atoms with Crippen molar-refractivity contribution in [1.82, 2.24) is 15.1 Å². The molecule has 1 aliphatic rings. The summed E-state index contributed by atoms with van der Waals surface area (Å²) < 4.78 is 13.4. The van der Waals surface area contributed by atoms with Gasteiger partial charge in [0, 0.05) is 33.2 Å². The lowest BCUT2D eigenvalue weighted by Crippen LogP contribution is -2.47. The number of halogens is 1. The van der Waals surface area contributed by atoms with E-state index in [4.69, 9.17) is 0 Å². The number of likely N-dealkylation sites (N-methyl/N-ethyl adjacent to an activating group) is 1. The van der Waals surface area contributed by atoms with E-state index in [1.165, 1.54) is 6.07 Å². The van der Waals surface area contributed by atoms with Crippen molar-refractivity contribution in [3.63, 3.8) is 0 Å². The molecule has 1 unspecified atom stereocenters. The molecule has 0 saturated carbocycles. The van der Waals surface area contributed by atoms with E-state index in [1.54, 1.807) is 25.1 Å². The molecular formula is C18H27FN4O. The fourth-order valence-corrected chi connectivity index (χ4v) is 2.55. The minimum absolute atomic E-state index is 0.0297. The predicted octanol–water partition coefficient (Wildman–Crippen LogP) is 2.02. The first-order chi connectivity index (χ1) is 11.4. The minimum atomic E-state index is -0.189. The van der Waals surface area contributed by atoms with Crippen molar-refractivity contribution in [3.05, 3.63) is 35.1 Å². The average Bonchev–Trinajstić information content (AvgIpc) is 2.57. The highest BCUT2D eigenvalue weighted by Gasteiger charge is 2.21. The monoisotopic (exact) mass is 334 g/mol. The number of aliphatic imine (C=N–C) groups is 1. The molecule has 0 radical (unpaired) electrons. The fraction of sp³-hybridized carbons (Fsp3) is 0.556. The molecule has 0 bridgehead atoms. The number of carbonyl (C=O) groups is 1. The van der Waals surface area contributed by atoms with Crippen molar-refractivity contribution >= 4 is 11.9 Å². The fourth-order valence-electron chi connectivity index (χ4n) is 2.55. The van der Waals surface area contributed by atoms with Gasteiger partial charge in [-0.3, -0.25) is 4.79 Å². The summed E-state index contributed by atoms with van der Waals surface area (Å²) in [6, 6.07) is 5.22. The number of guanidine groups is 1. The van der Waals surface area contributed by atoms with Crippen molar-refractivity contribution < 1.29 is 9.18 Å². The number of nitrogens with zero attached hydrogens (tertiary/aromatic N) is 3. The Morgan fingerprint density at radius 3 is 2.83 bits per heavy atom. The van der Waals surface area contributed by atoms with Crippen molar-refractivity contribution in [3.8, 4) is 0 Å². The molecule has 0 aliphatic carbocycles. The molecule has 1 aliphatic heterocycles. The van der Waals surface area contributed by atoms with Gasteiger partial charge in [0.2, 0.25) is 5.91 Å². The summed E-state index contributed by atoms with van der Waals surface area (Å²) in [5.41, 5.74) is 2.17. The van der Waals surface area contributed by atoms with E-state index in [-0.39, 0.29) is 24.3 Å². The maximum Gasteiger partial charge on any atom is 0.243 e. The van der Waals surface area contributed by atoms with Crippen molar-refractivity contribution in [1.29, 1.82) is 0 Å². The van der Waals surface area contributed by atoms with Gasteiger partial charge in [0.05, 0.1) is 0 Å². The number of fused-ring (bicyclic) bond motifs is 1. The van der Waals surface area contributed by atoms with Crippen LogP contribution in [0.25, 0.3) is 0 Å². The van der Waals surface area contributed by atoms with E-state index in [0.29, 0.717) is 6.54 Å². The molecule has 1 N–H and O–H groups in total. The lowest BCUT2D eigenvalue weighted by Gasteiger charge is -2.33. The highest BCUT2D eigenvalue weighted by molar-refractivity contribution is 5.85. The van der Waals surface area contributed by atoms with E-state index in [0.717, 1.165) is 36.5 Å². The lowest BCUT2D eigenvalue weighted by atomic mass is 10.00. The van der Waals surface area contributed by atoms with Gasteiger partial charge in [0.25, 0.3) is 0 Å². The molecule has 5 nitrogen and oxygen atoms in total. The lowest BCUT2D eigenvalue weighted by molar-refractivity contribution is -0.127. The maximum atomic E-state index is 13.4. The zero-order chi connectivity index (χ0) is 17.7. The van der Waals surface area contributed by atoms with Gasteiger partial charge in [-0.05, 0) is 43.0 Å². The third kappa shape index (κ3) is 4.69. The average molecular weight is 334 g/mol. The largest absolute Gasteiger partial charge is 0.354 e. The molecule has 1 aromatic rings. The Hall–Kier alpha value is -2.11. The Morgan fingerprint density at radius 2 is 2.17 bits per heavy atom. The summed E-state index contributed by atoms with van der Waals surface area (Å²) in [6.45, 7) is 5.76. The van der Waals surface area contributed by atoms with Crippen molar-refractivity contribution in [2.75, 3.05) is 27.2 Å². The Balaban J connectivity index is 2.16. The summed E-state index contributed by atoms with van der Waals surface area (Å²) in [5, 5.41) is 3.40. The highest BCUT2D eigenvalue weighted by Crippen LogP contribution is 2.20. The third-order valence-electron chi connectivity index (χ3n) is 4.33. The summed E-state index contributed by atoms with van der Waals surface area (Å²) in [5.74, 6) is 0.526. The van der Waals surface area contributed by atoms with Gasteiger partial charge in [0.1, 0.15) is 12.4 Å². The molecule has 0 saturated heterocycles. The molecule has 1 atom stereocenters. The van der Waals surface area contributed by atoms with E-state index < -0.39 is 0 Å². The topological polar surface area (TPSA) is 47.9 Å². The van der Waals surface area contributed by atoms with E-state index in [1.807, 2.05) is 6.07 Å². The summed E-state index contributed by atoms with van der Waals surface area (Å²) in [4.78, 5) is 20.0. The van der Waals surface area contributed by atoms with Crippen molar-refractivity contribution in [2.45, 2.75) is 39.3 Å². The predicted molar refractivity (Wildman–Crippen MR) is 94.4 cm³/mol. The maximum absolute atomic E-state index is 13.4. The number of hydrogen-bond donors (Lipinski definition) is 1. The SMILES string of the molecule is CCC(C)NC(=NCC(=O)N(C)C)N1CCc2cc(F)ccc2C1. The van der Waals surface area contributed by atoms with Gasteiger partial charge < -0.3 is 15.1 Å². The van der Waals surface area contributed by atoms with Crippen LogP contribution < -0.4 is 5.32 Å². The van der Waals surface area contributed by atoms with Crippen LogP contribution >= 0.6 is 0 Å². The number of benzene rings is 1. The van der Waals surface area contributed by atoms with Crippen LogP contribution in [0.15, 0.2) is 23.2 Å². The molecule has 0 aromatic heterocycles. The smallest absolute Gasteiger partial charge is 0.243 e. The Labute approximate surface area is 143 Å². The molecule has 2 rings (SSSR count). The van der Waals surface area contributed by atoms with Crippen LogP contribution in [0.5, 0.6) is 0 Å². The van der Waals surface area contributed by atoms with Crippen LogP contribution in [-0.2, 0) is 17.8 Å². The normalized spacial score (nSPS) is 15.7. The first kappa shape index (κ1) is 18.2. The van der Waals surface area contributed by atoms with Gasteiger partial charge in [-0.15, -0.1) is 0 Å². The number of nitrogens with one attached hydrogen (secondary N) is 1. The first-order valence-electron chi connectivity index (χ1n) is 8.44. The molecule has 1 amide bonds. The molecule has 24 heavy (non-hydrogen) atoms. The minimum Gasteiger partial charge on any atom is -0.354 e. The van der Waals surface area contributed by atoms with Crippen molar-refractivity contribution in [2.24, 2.45) is 4.99 Å². The summed E-state index contributed by atoms with van der Waals surface area (Å²) in [7, 11) is 3.45. The zero-order valence-corrected chi connectivity index (χ0v) is 15.0. The Bertz CT molecular complexity index is 615. The van der Waals surface area contributed by atoms with Crippen LogP contribution in [0, 0.1) is 5.82 Å². The molecule has 0 spiro atoms. The van der Waals surface area contributed by atoms with E-state index in [9.17, 15) is 9.18 Å². The molecular weight excluding hydrogens is 307 g/mol. The van der Waals surface area contributed by atoms with Gasteiger partial charge >= 0.3 is 0 Å². The van der Waals surface area contributed by atoms with Crippen LogP contribution in [-0.4, -0.2) is 54.9 Å². The van der Waals surface area contributed by atoms with Crippen LogP contribution in [0.1, 0.15) is 31.4 Å². The number of amides is 1. The summed E-state index contributed by atoms with van der Waals surface area (Å²) in [6.07, 6.45) is 1.74. The number of rotatable bonds is 4. The van der Waals surface area contributed by atoms with Gasteiger partial charge in [-0.1, -0.05) is 13.0 Å².